The number of hydrogen-bond donors (Lipinski definition) is 3. The van der Waals surface area contributed by atoms with Gasteiger partial charge in [-0.3, -0.25) is 4.98 Å². The molecule has 0 fully saturated rings. The highest BCUT2D eigenvalue weighted by Gasteiger charge is 2.09. The van der Waals surface area contributed by atoms with Crippen LogP contribution in [0.2, 0.25) is 0 Å². The molecule has 0 saturated heterocycles. The molecule has 0 radical (unpaired) electrons. The molecule has 0 spiro atoms. The van der Waals surface area contributed by atoms with Gasteiger partial charge in [-0.1, -0.05) is 12.1 Å². The van der Waals surface area contributed by atoms with Crippen LogP contribution >= 0.6 is 0 Å². The number of rotatable bonds is 4. The van der Waals surface area contributed by atoms with Crippen molar-refractivity contribution in [2.75, 3.05) is 5.32 Å². The van der Waals surface area contributed by atoms with E-state index in [0.717, 1.165) is 0 Å². The van der Waals surface area contributed by atoms with Crippen LogP contribution in [0.5, 0.6) is 0 Å². The first kappa shape index (κ1) is 12.1. The summed E-state index contributed by atoms with van der Waals surface area (Å²) in [7, 11) is 0. The van der Waals surface area contributed by atoms with E-state index < -0.39 is 12.2 Å². The largest absolute Gasteiger partial charge is 0.478 e. The molecule has 1 atom stereocenters. The molecule has 1 aromatic heterocycles. The van der Waals surface area contributed by atoms with E-state index in [2.05, 4.69) is 10.3 Å². The van der Waals surface area contributed by atoms with Crippen molar-refractivity contribution in [3.63, 3.8) is 0 Å². The quantitative estimate of drug-likeness (QED) is 0.715. The lowest BCUT2D eigenvalue weighted by Crippen LogP contribution is -2.11. The number of carbonyl (C=O) groups is 1. The van der Waals surface area contributed by atoms with Crippen LogP contribution in [0.25, 0.3) is 0 Å². The zero-order chi connectivity index (χ0) is 13.0. The molecule has 1 heterocycles. The summed E-state index contributed by atoms with van der Waals surface area (Å²) in [6.45, 7) is 0. The van der Waals surface area contributed by atoms with Gasteiger partial charge in [0.1, 0.15) is 0 Å². The maximum atomic E-state index is 10.8. The molecule has 92 valence electrons. The van der Waals surface area contributed by atoms with Gasteiger partial charge in [0.25, 0.3) is 0 Å². The number of nitrogens with one attached hydrogen (secondary N) is 1. The second-order valence-electron chi connectivity index (χ2n) is 3.69. The zero-order valence-electron chi connectivity index (χ0n) is 9.45. The minimum absolute atomic E-state index is 0.160. The third-order valence-corrected chi connectivity index (χ3v) is 2.38. The summed E-state index contributed by atoms with van der Waals surface area (Å²) in [5, 5.41) is 21.5. The minimum Gasteiger partial charge on any atom is -0.478 e. The summed E-state index contributed by atoms with van der Waals surface area (Å²) in [6, 6.07) is 11.4. The Labute approximate surface area is 104 Å². The van der Waals surface area contributed by atoms with Crippen LogP contribution in [0.3, 0.4) is 0 Å². The van der Waals surface area contributed by atoms with Crippen molar-refractivity contribution in [1.82, 2.24) is 4.98 Å². The topological polar surface area (TPSA) is 82.5 Å². The van der Waals surface area contributed by atoms with Crippen molar-refractivity contribution in [1.29, 1.82) is 0 Å². The molecule has 0 aliphatic carbocycles. The lowest BCUT2D eigenvalue weighted by Gasteiger charge is -2.13. The fourth-order valence-corrected chi connectivity index (χ4v) is 1.51. The molecule has 5 heteroatoms. The Hall–Kier alpha value is -2.40. The Bertz CT molecular complexity index is 543. The maximum absolute atomic E-state index is 10.8. The van der Waals surface area contributed by atoms with Crippen molar-refractivity contribution in [2.24, 2.45) is 0 Å². The number of aliphatic hydroxyl groups is 1. The molecule has 0 saturated carbocycles. The monoisotopic (exact) mass is 244 g/mol. The van der Waals surface area contributed by atoms with Crippen LogP contribution in [-0.4, -0.2) is 21.2 Å². The number of aromatic nitrogens is 1. The molecule has 0 bridgehead atoms. The van der Waals surface area contributed by atoms with Crippen molar-refractivity contribution in [2.45, 2.75) is 6.23 Å². The number of hydrogen-bond acceptors (Lipinski definition) is 4. The standard InChI is InChI=1S/C13H12N2O3/c16-12(11-6-1-2-7-14-11)15-10-5-3-4-9(8-10)13(17)18/h1-8,12,15-16H,(H,17,18). The number of nitrogens with zero attached hydrogens (tertiary/aromatic N) is 1. The Morgan fingerprint density at radius 3 is 2.72 bits per heavy atom. The van der Waals surface area contributed by atoms with Crippen LogP contribution in [-0.2, 0) is 0 Å². The van der Waals surface area contributed by atoms with Crippen molar-refractivity contribution >= 4 is 11.7 Å². The zero-order valence-corrected chi connectivity index (χ0v) is 9.45. The molecule has 3 N–H and O–H groups in total. The number of pyridine rings is 1. The second kappa shape index (κ2) is 5.29. The van der Waals surface area contributed by atoms with Crippen LogP contribution < -0.4 is 5.32 Å². The summed E-state index contributed by atoms with van der Waals surface area (Å²) < 4.78 is 0. The Morgan fingerprint density at radius 2 is 2.06 bits per heavy atom. The number of anilines is 1. The third-order valence-electron chi connectivity index (χ3n) is 2.38. The maximum Gasteiger partial charge on any atom is 0.335 e. The van der Waals surface area contributed by atoms with Crippen molar-refractivity contribution < 1.29 is 15.0 Å². The molecule has 18 heavy (non-hydrogen) atoms. The molecule has 2 aromatic rings. The number of carboxylic acid groups (broad SMARTS) is 1. The average molecular weight is 244 g/mol. The van der Waals surface area contributed by atoms with Crippen LogP contribution in [0.1, 0.15) is 22.3 Å². The molecule has 0 aliphatic rings. The first-order chi connectivity index (χ1) is 8.66. The van der Waals surface area contributed by atoms with Gasteiger partial charge in [-0.25, -0.2) is 4.79 Å². The highest BCUT2D eigenvalue weighted by atomic mass is 16.4. The number of aromatic carboxylic acids is 1. The van der Waals surface area contributed by atoms with Gasteiger partial charge in [-0.15, -0.1) is 0 Å². The normalized spacial score (nSPS) is 11.8. The van der Waals surface area contributed by atoms with Crippen LogP contribution in [0, 0.1) is 0 Å². The summed E-state index contributed by atoms with van der Waals surface area (Å²) >= 11 is 0. The van der Waals surface area contributed by atoms with Gasteiger partial charge in [0.15, 0.2) is 6.23 Å². The third kappa shape index (κ3) is 2.83. The van der Waals surface area contributed by atoms with E-state index in [-0.39, 0.29) is 5.56 Å². The van der Waals surface area contributed by atoms with Crippen LogP contribution in [0.4, 0.5) is 5.69 Å². The lowest BCUT2D eigenvalue weighted by atomic mass is 10.2. The Balaban J connectivity index is 2.14. The molecule has 0 amide bonds. The predicted molar refractivity (Wildman–Crippen MR) is 66.2 cm³/mol. The first-order valence-corrected chi connectivity index (χ1v) is 5.36. The molecule has 1 unspecified atom stereocenters. The first-order valence-electron chi connectivity index (χ1n) is 5.36. The number of benzene rings is 1. The van der Waals surface area contributed by atoms with Gasteiger partial charge in [-0.2, -0.15) is 0 Å². The smallest absolute Gasteiger partial charge is 0.335 e. The molecular formula is C13H12N2O3. The van der Waals surface area contributed by atoms with Gasteiger partial charge < -0.3 is 15.5 Å². The molecule has 5 nitrogen and oxygen atoms in total. The van der Waals surface area contributed by atoms with Gasteiger partial charge in [0, 0.05) is 11.9 Å². The fraction of sp³-hybridized carbons (Fsp3) is 0.0769. The van der Waals surface area contributed by atoms with Gasteiger partial charge >= 0.3 is 5.97 Å². The van der Waals surface area contributed by atoms with Crippen LogP contribution in [0.15, 0.2) is 48.7 Å². The summed E-state index contributed by atoms with van der Waals surface area (Å²) in [5.74, 6) is -1.01. The van der Waals surface area contributed by atoms with Gasteiger partial charge in [0.05, 0.1) is 11.3 Å². The fourth-order valence-electron chi connectivity index (χ4n) is 1.51. The minimum atomic E-state index is -1.01. The van der Waals surface area contributed by atoms with E-state index in [1.807, 2.05) is 0 Å². The van der Waals surface area contributed by atoms with Crippen molar-refractivity contribution in [3.8, 4) is 0 Å². The highest BCUT2D eigenvalue weighted by Crippen LogP contribution is 2.16. The predicted octanol–water partition coefficient (Wildman–Crippen LogP) is 1.88. The Kier molecular flexibility index (Phi) is 3.54. The Morgan fingerprint density at radius 1 is 1.22 bits per heavy atom. The van der Waals surface area contributed by atoms with E-state index in [1.54, 1.807) is 36.5 Å². The number of aliphatic hydroxyl groups excluding tert-OH is 1. The second-order valence-corrected chi connectivity index (χ2v) is 3.69. The lowest BCUT2D eigenvalue weighted by molar-refractivity contribution is 0.0697. The van der Waals surface area contributed by atoms with Gasteiger partial charge in [-0.05, 0) is 30.3 Å². The van der Waals surface area contributed by atoms with E-state index in [1.165, 1.54) is 12.1 Å². The summed E-state index contributed by atoms with van der Waals surface area (Å²) in [6.07, 6.45) is 0.601. The van der Waals surface area contributed by atoms with E-state index in [4.69, 9.17) is 5.11 Å². The molecule has 1 aromatic carbocycles. The van der Waals surface area contributed by atoms with Gasteiger partial charge in [0.2, 0.25) is 0 Å². The average Bonchev–Trinajstić information content (AvgIpc) is 2.40. The van der Waals surface area contributed by atoms with E-state index in [0.29, 0.717) is 11.4 Å². The molecule has 2 rings (SSSR count). The SMILES string of the molecule is O=C(O)c1cccc(NC(O)c2ccccn2)c1. The van der Waals surface area contributed by atoms with Crippen molar-refractivity contribution in [3.05, 3.63) is 59.9 Å². The highest BCUT2D eigenvalue weighted by molar-refractivity contribution is 5.88. The van der Waals surface area contributed by atoms with E-state index >= 15 is 0 Å². The molecule has 0 aliphatic heterocycles. The number of carboxylic acids is 1. The molecular weight excluding hydrogens is 232 g/mol. The summed E-state index contributed by atoms with van der Waals surface area (Å²) in [4.78, 5) is 14.8. The van der Waals surface area contributed by atoms with E-state index in [9.17, 15) is 9.90 Å². The summed E-state index contributed by atoms with van der Waals surface area (Å²) in [5.41, 5.74) is 1.15.